The van der Waals surface area contributed by atoms with Gasteiger partial charge in [0.25, 0.3) is 0 Å². The van der Waals surface area contributed by atoms with Crippen molar-refractivity contribution >= 4 is 10.0 Å². The van der Waals surface area contributed by atoms with Crippen molar-refractivity contribution in [3.05, 3.63) is 23.8 Å². The van der Waals surface area contributed by atoms with Crippen LogP contribution in [0.15, 0.2) is 23.1 Å². The van der Waals surface area contributed by atoms with Crippen LogP contribution in [0.1, 0.15) is 25.3 Å². The number of benzene rings is 1. The molecule has 0 atom stereocenters. The second-order valence-corrected chi connectivity index (χ2v) is 6.98. The minimum absolute atomic E-state index is 0.0330. The van der Waals surface area contributed by atoms with E-state index in [1.165, 1.54) is 19.2 Å². The molecule has 1 aliphatic carbocycles. The molecule has 3 N–H and O–H groups in total. The van der Waals surface area contributed by atoms with Gasteiger partial charge in [0.2, 0.25) is 10.0 Å². The van der Waals surface area contributed by atoms with Crippen LogP contribution in [0, 0.1) is 17.8 Å². The van der Waals surface area contributed by atoms with E-state index in [4.69, 9.17) is 10.5 Å². The summed E-state index contributed by atoms with van der Waals surface area (Å²) in [6.45, 7) is 2.32. The van der Waals surface area contributed by atoms with E-state index in [1.807, 2.05) is 0 Å². The van der Waals surface area contributed by atoms with Gasteiger partial charge in [-0.3, -0.25) is 0 Å². The Morgan fingerprint density at radius 2 is 2.14 bits per heavy atom. The molecule has 1 aliphatic rings. The lowest BCUT2D eigenvalue weighted by Gasteiger charge is -2.32. The monoisotopic (exact) mass is 308 g/mol. The zero-order chi connectivity index (χ0) is 15.5. The predicted octanol–water partition coefficient (Wildman–Crippen LogP) is 1.08. The third-order valence-electron chi connectivity index (χ3n) is 3.50. The summed E-state index contributed by atoms with van der Waals surface area (Å²) in [5, 5.41) is 0. The van der Waals surface area contributed by atoms with Gasteiger partial charge < -0.3 is 10.5 Å². The van der Waals surface area contributed by atoms with E-state index in [0.29, 0.717) is 17.2 Å². The minimum atomic E-state index is -3.52. The fourth-order valence-corrected chi connectivity index (χ4v) is 3.67. The maximum Gasteiger partial charge on any atom is 0.240 e. The number of hydrogen-bond donors (Lipinski definition) is 2. The lowest BCUT2D eigenvalue weighted by atomic mass is 9.83. The molecule has 1 fully saturated rings. The number of nitrogens with one attached hydrogen (secondary N) is 1. The second kappa shape index (κ2) is 6.48. The molecule has 6 heteroatoms. The Balaban J connectivity index is 2.26. The second-order valence-electron chi connectivity index (χ2n) is 5.26. The molecule has 0 bridgehead atoms. The highest BCUT2D eigenvalue weighted by molar-refractivity contribution is 7.89. The van der Waals surface area contributed by atoms with Gasteiger partial charge in [-0.15, -0.1) is 0 Å². The average molecular weight is 308 g/mol. The van der Waals surface area contributed by atoms with Crippen LogP contribution in [0.3, 0.4) is 0 Å². The first-order valence-electron chi connectivity index (χ1n) is 6.85. The van der Waals surface area contributed by atoms with E-state index in [-0.39, 0.29) is 17.5 Å². The van der Waals surface area contributed by atoms with Crippen molar-refractivity contribution in [3.8, 4) is 17.6 Å². The molecule has 0 aromatic heterocycles. The van der Waals surface area contributed by atoms with Crippen molar-refractivity contribution < 1.29 is 13.2 Å². The predicted molar refractivity (Wildman–Crippen MR) is 81.4 cm³/mol. The third-order valence-corrected chi connectivity index (χ3v) is 5.02. The van der Waals surface area contributed by atoms with Gasteiger partial charge in [0.15, 0.2) is 0 Å². The Morgan fingerprint density at radius 3 is 2.71 bits per heavy atom. The first-order valence-corrected chi connectivity index (χ1v) is 8.34. The normalized spacial score (nSPS) is 21.1. The molecule has 5 nitrogen and oxygen atoms in total. The van der Waals surface area contributed by atoms with Gasteiger partial charge in [0.05, 0.1) is 24.1 Å². The van der Waals surface area contributed by atoms with Crippen molar-refractivity contribution in [2.45, 2.75) is 30.7 Å². The largest absolute Gasteiger partial charge is 0.495 e. The van der Waals surface area contributed by atoms with Gasteiger partial charge in [-0.2, -0.15) is 0 Å². The summed E-state index contributed by atoms with van der Waals surface area (Å²) in [5.74, 6) is 6.66. The lowest BCUT2D eigenvalue weighted by Crippen LogP contribution is -2.43. The summed E-state index contributed by atoms with van der Waals surface area (Å²) in [6, 6.07) is 4.69. The molecule has 0 saturated heterocycles. The number of ether oxygens (including phenoxy) is 1. The Bertz CT molecular complexity index is 668. The highest BCUT2D eigenvalue weighted by atomic mass is 32.2. The molecule has 1 aromatic carbocycles. The van der Waals surface area contributed by atoms with Gasteiger partial charge in [-0.05, 0) is 37.0 Å². The van der Waals surface area contributed by atoms with Crippen molar-refractivity contribution in [1.29, 1.82) is 0 Å². The van der Waals surface area contributed by atoms with Gasteiger partial charge in [-0.1, -0.05) is 18.8 Å². The first kappa shape index (κ1) is 15.8. The van der Waals surface area contributed by atoms with Crippen LogP contribution < -0.4 is 15.2 Å². The Morgan fingerprint density at radius 1 is 1.43 bits per heavy atom. The Hall–Kier alpha value is -1.55. The zero-order valence-electron chi connectivity index (χ0n) is 12.2. The number of sulfonamides is 1. The molecule has 21 heavy (non-hydrogen) atoms. The highest BCUT2D eigenvalue weighted by Gasteiger charge is 2.30. The average Bonchev–Trinajstić information content (AvgIpc) is 2.42. The lowest BCUT2D eigenvalue weighted by molar-refractivity contribution is 0.270. The third kappa shape index (κ3) is 3.76. The minimum Gasteiger partial charge on any atom is -0.495 e. The van der Waals surface area contributed by atoms with Gasteiger partial charge in [0, 0.05) is 6.04 Å². The van der Waals surface area contributed by atoms with Crippen LogP contribution >= 0.6 is 0 Å². The molecule has 114 valence electrons. The van der Waals surface area contributed by atoms with Crippen molar-refractivity contribution in [2.75, 3.05) is 13.7 Å². The van der Waals surface area contributed by atoms with E-state index >= 15 is 0 Å². The molecular weight excluding hydrogens is 288 g/mol. The molecule has 1 aromatic rings. The van der Waals surface area contributed by atoms with E-state index in [1.54, 1.807) is 6.07 Å². The number of hydrogen-bond acceptors (Lipinski definition) is 4. The van der Waals surface area contributed by atoms with Crippen LogP contribution in [-0.2, 0) is 10.0 Å². The maximum atomic E-state index is 12.3. The molecule has 0 unspecified atom stereocenters. The summed E-state index contributed by atoms with van der Waals surface area (Å²) in [6.07, 6.45) is 1.77. The number of nitrogens with two attached hydrogens (primary N) is 1. The summed E-state index contributed by atoms with van der Waals surface area (Å²) in [5.41, 5.74) is 5.87. The Kier molecular flexibility index (Phi) is 4.88. The van der Waals surface area contributed by atoms with Crippen LogP contribution in [0.5, 0.6) is 5.75 Å². The quantitative estimate of drug-likeness (QED) is 0.816. The maximum absolute atomic E-state index is 12.3. The summed E-state index contributed by atoms with van der Waals surface area (Å²) >= 11 is 0. The van der Waals surface area contributed by atoms with Gasteiger partial charge in [0.1, 0.15) is 5.75 Å². The molecule has 0 spiro atoms. The van der Waals surface area contributed by atoms with E-state index < -0.39 is 10.0 Å². The SMILES string of the molecule is COc1ccc(S(=O)(=O)NC2CC(C)C2)cc1C#CCN. The molecule has 0 aliphatic heterocycles. The standard InChI is InChI=1S/C15H20N2O3S/c1-11-8-13(9-11)17-21(18,19)14-5-6-15(20-2)12(10-14)4-3-7-16/h5-6,10-11,13,17H,7-9,16H2,1-2H3. The van der Waals surface area contributed by atoms with Crippen molar-refractivity contribution in [3.63, 3.8) is 0 Å². The molecule has 0 radical (unpaired) electrons. The van der Waals surface area contributed by atoms with Crippen molar-refractivity contribution in [2.24, 2.45) is 11.7 Å². The first-order chi connectivity index (χ1) is 9.96. The fourth-order valence-electron chi connectivity index (χ4n) is 2.38. The smallest absolute Gasteiger partial charge is 0.240 e. The van der Waals surface area contributed by atoms with Crippen LogP contribution in [0.25, 0.3) is 0 Å². The van der Waals surface area contributed by atoms with E-state index in [0.717, 1.165) is 12.8 Å². The van der Waals surface area contributed by atoms with E-state index in [2.05, 4.69) is 23.5 Å². The summed E-state index contributed by atoms with van der Waals surface area (Å²) < 4.78 is 32.6. The zero-order valence-corrected chi connectivity index (χ0v) is 13.0. The van der Waals surface area contributed by atoms with Gasteiger partial charge >= 0.3 is 0 Å². The molecule has 1 saturated carbocycles. The molecule has 2 rings (SSSR count). The molecular formula is C15H20N2O3S. The van der Waals surface area contributed by atoms with Gasteiger partial charge in [-0.25, -0.2) is 13.1 Å². The van der Waals surface area contributed by atoms with Crippen molar-refractivity contribution in [1.82, 2.24) is 4.72 Å². The van der Waals surface area contributed by atoms with Crippen LogP contribution in [0.4, 0.5) is 0 Å². The molecule has 0 heterocycles. The van der Waals surface area contributed by atoms with E-state index in [9.17, 15) is 8.42 Å². The number of methoxy groups -OCH3 is 1. The highest BCUT2D eigenvalue weighted by Crippen LogP contribution is 2.28. The van der Waals surface area contributed by atoms with Crippen LogP contribution in [0.2, 0.25) is 0 Å². The summed E-state index contributed by atoms with van der Waals surface area (Å²) in [7, 11) is -2.00. The fraction of sp³-hybridized carbons (Fsp3) is 0.467. The van der Waals surface area contributed by atoms with Crippen LogP contribution in [-0.4, -0.2) is 28.1 Å². The Labute approximate surface area is 125 Å². The summed E-state index contributed by atoms with van der Waals surface area (Å²) in [4.78, 5) is 0.198. The number of rotatable bonds is 4. The molecule has 0 amide bonds. The topological polar surface area (TPSA) is 81.4 Å².